The summed E-state index contributed by atoms with van der Waals surface area (Å²) in [7, 11) is -1.10. The van der Waals surface area contributed by atoms with E-state index in [2.05, 4.69) is 39.6 Å². The maximum absolute atomic E-state index is 12.2. The molecule has 0 fully saturated rings. The Morgan fingerprint density at radius 3 is 2.52 bits per heavy atom. The summed E-state index contributed by atoms with van der Waals surface area (Å²) in [5.74, 6) is 0.120. The molecule has 0 amide bonds. The lowest BCUT2D eigenvalue weighted by Crippen LogP contribution is -2.27. The molecule has 0 radical (unpaired) electrons. The van der Waals surface area contributed by atoms with Crippen molar-refractivity contribution in [1.29, 1.82) is 0 Å². The molecule has 0 heterocycles. The molecule has 0 saturated carbocycles. The highest BCUT2D eigenvalue weighted by molar-refractivity contribution is 6.76. The van der Waals surface area contributed by atoms with E-state index in [1.807, 2.05) is 6.08 Å². The summed E-state index contributed by atoms with van der Waals surface area (Å²) in [5, 5.41) is 0. The van der Waals surface area contributed by atoms with Crippen LogP contribution in [0.25, 0.3) is 0 Å². The molecule has 0 aromatic heterocycles. The Morgan fingerprint density at radius 1 is 1.35 bits per heavy atom. The number of carbonyl (C=O) groups is 2. The molecule has 130 valence electrons. The van der Waals surface area contributed by atoms with Crippen molar-refractivity contribution in [2.75, 3.05) is 0 Å². The Kier molecular flexibility index (Phi) is 7.45. The average Bonchev–Trinajstić information content (AvgIpc) is 2.43. The van der Waals surface area contributed by atoms with Gasteiger partial charge in [0.25, 0.3) is 0 Å². The Bertz CT molecular complexity index is 497. The third-order valence-electron chi connectivity index (χ3n) is 4.33. The van der Waals surface area contributed by atoms with Crippen molar-refractivity contribution in [1.82, 2.24) is 0 Å². The third-order valence-corrected chi connectivity index (χ3v) is 5.76. The molecular weight excluding hydrogens is 304 g/mol. The lowest BCUT2D eigenvalue weighted by molar-refractivity contribution is -0.145. The number of hydrogen-bond donors (Lipinski definition) is 0. The lowest BCUT2D eigenvalue weighted by atomic mass is 9.87. The molecule has 0 aliphatic heterocycles. The van der Waals surface area contributed by atoms with E-state index in [4.69, 9.17) is 4.74 Å². The van der Waals surface area contributed by atoms with Crippen LogP contribution in [0.5, 0.6) is 0 Å². The highest BCUT2D eigenvalue weighted by Crippen LogP contribution is 2.27. The summed E-state index contributed by atoms with van der Waals surface area (Å²) < 4.78 is 5.48. The number of ether oxygens (including phenoxy) is 1. The topological polar surface area (TPSA) is 43.4 Å². The molecule has 0 aromatic rings. The van der Waals surface area contributed by atoms with Gasteiger partial charge in [0.1, 0.15) is 6.10 Å². The average molecular weight is 337 g/mol. The van der Waals surface area contributed by atoms with Crippen molar-refractivity contribution < 1.29 is 14.3 Å². The van der Waals surface area contributed by atoms with Gasteiger partial charge in [-0.05, 0) is 38.1 Å². The van der Waals surface area contributed by atoms with Crippen molar-refractivity contribution in [3.05, 3.63) is 23.3 Å². The number of Topliss-reactive ketones (excluding diaryl/α,β-unsaturated/α-hetero) is 1. The van der Waals surface area contributed by atoms with Crippen LogP contribution in [0.4, 0.5) is 0 Å². The second-order valence-electron chi connectivity index (χ2n) is 7.92. The monoisotopic (exact) mass is 336 g/mol. The number of ketones is 1. The molecule has 2 atom stereocenters. The van der Waals surface area contributed by atoms with Crippen molar-refractivity contribution in [2.24, 2.45) is 5.92 Å². The fourth-order valence-electron chi connectivity index (χ4n) is 2.70. The van der Waals surface area contributed by atoms with Gasteiger partial charge in [0, 0.05) is 27.0 Å². The molecule has 3 nitrogen and oxygen atoms in total. The Hall–Kier alpha value is -1.16. The van der Waals surface area contributed by atoms with Crippen molar-refractivity contribution in [3.63, 3.8) is 0 Å². The maximum Gasteiger partial charge on any atom is 0.303 e. The van der Waals surface area contributed by atoms with E-state index >= 15 is 0 Å². The molecule has 0 saturated heterocycles. The lowest BCUT2D eigenvalue weighted by Gasteiger charge is -2.25. The minimum absolute atomic E-state index is 0.137. The molecular formula is C19H32O3Si. The van der Waals surface area contributed by atoms with Gasteiger partial charge in [-0.1, -0.05) is 44.3 Å². The number of esters is 1. The molecule has 1 aliphatic rings. The minimum Gasteiger partial charge on any atom is -0.458 e. The number of carbonyl (C=O) groups excluding carboxylic acids is 2. The molecule has 0 spiro atoms. The van der Waals surface area contributed by atoms with Gasteiger partial charge in [-0.2, -0.15) is 0 Å². The van der Waals surface area contributed by atoms with E-state index in [9.17, 15) is 9.59 Å². The number of allylic oxidation sites excluding steroid dienone is 3. The number of hydrogen-bond acceptors (Lipinski definition) is 3. The molecule has 1 rings (SSSR count). The first-order chi connectivity index (χ1) is 10.6. The quantitative estimate of drug-likeness (QED) is 0.377. The van der Waals surface area contributed by atoms with Crippen LogP contribution in [0.1, 0.15) is 46.5 Å². The summed E-state index contributed by atoms with van der Waals surface area (Å²) in [6.07, 6.45) is 6.96. The zero-order chi connectivity index (χ0) is 17.6. The first kappa shape index (κ1) is 19.9. The fourth-order valence-corrected chi connectivity index (χ4v) is 3.64. The smallest absolute Gasteiger partial charge is 0.303 e. The summed E-state index contributed by atoms with van der Waals surface area (Å²) in [5.41, 5.74) is 2.03. The summed E-state index contributed by atoms with van der Waals surface area (Å²) in [6, 6.07) is 1.16. The van der Waals surface area contributed by atoms with Gasteiger partial charge >= 0.3 is 5.97 Å². The van der Waals surface area contributed by atoms with Crippen molar-refractivity contribution in [2.45, 2.75) is 78.2 Å². The SMILES string of the molecule is CC(=O)O[C@H](C[C@@H](C)/C(C)=C\C[Si](C)(C)C)C1=CCCCC1=O. The molecule has 0 unspecified atom stereocenters. The van der Waals surface area contributed by atoms with Crippen LogP contribution in [0, 0.1) is 5.92 Å². The summed E-state index contributed by atoms with van der Waals surface area (Å²) >= 11 is 0. The van der Waals surface area contributed by atoms with Gasteiger partial charge in [0.15, 0.2) is 5.78 Å². The molecule has 0 bridgehead atoms. The standard InChI is InChI=1S/C19H32O3Si/c1-14(11-12-23(4,5)6)15(2)13-19(22-16(3)20)17-9-7-8-10-18(17)21/h9,11,15,19H,7-8,10,12-13H2,1-6H3/b14-11-/t15-,19-/m1/s1. The van der Waals surface area contributed by atoms with E-state index in [0.29, 0.717) is 24.3 Å². The van der Waals surface area contributed by atoms with E-state index < -0.39 is 14.2 Å². The molecule has 23 heavy (non-hydrogen) atoms. The van der Waals surface area contributed by atoms with Crippen molar-refractivity contribution in [3.8, 4) is 0 Å². The van der Waals surface area contributed by atoms with Gasteiger partial charge < -0.3 is 4.74 Å². The molecule has 1 aliphatic carbocycles. The molecule has 0 aromatic carbocycles. The van der Waals surface area contributed by atoms with E-state index in [0.717, 1.165) is 18.9 Å². The zero-order valence-corrected chi connectivity index (χ0v) is 16.6. The van der Waals surface area contributed by atoms with E-state index in [1.54, 1.807) is 0 Å². The largest absolute Gasteiger partial charge is 0.458 e. The van der Waals surface area contributed by atoms with E-state index in [1.165, 1.54) is 12.5 Å². The highest BCUT2D eigenvalue weighted by atomic mass is 28.3. The van der Waals surface area contributed by atoms with Gasteiger partial charge in [-0.25, -0.2) is 0 Å². The van der Waals surface area contributed by atoms with E-state index in [-0.39, 0.29) is 11.8 Å². The first-order valence-corrected chi connectivity index (χ1v) is 12.4. The summed E-state index contributed by atoms with van der Waals surface area (Å²) in [6.45, 7) is 12.8. The van der Waals surface area contributed by atoms with Crippen LogP contribution in [-0.4, -0.2) is 25.9 Å². The minimum atomic E-state index is -1.10. The summed E-state index contributed by atoms with van der Waals surface area (Å²) in [4.78, 5) is 23.6. The Morgan fingerprint density at radius 2 is 2.00 bits per heavy atom. The fraction of sp³-hybridized carbons (Fsp3) is 0.684. The molecule has 4 heteroatoms. The van der Waals surface area contributed by atoms with Gasteiger partial charge in [0.2, 0.25) is 0 Å². The second-order valence-corrected chi connectivity index (χ2v) is 13.5. The predicted octanol–water partition coefficient (Wildman–Crippen LogP) is 4.91. The maximum atomic E-state index is 12.2. The normalized spacial score (nSPS) is 19.1. The van der Waals surface area contributed by atoms with Gasteiger partial charge in [0.05, 0.1) is 0 Å². The molecule has 0 N–H and O–H groups in total. The van der Waals surface area contributed by atoms with Crippen LogP contribution in [0.3, 0.4) is 0 Å². The second kappa shape index (κ2) is 8.62. The first-order valence-electron chi connectivity index (χ1n) is 8.67. The predicted molar refractivity (Wildman–Crippen MR) is 98.2 cm³/mol. The third kappa shape index (κ3) is 7.29. The highest BCUT2D eigenvalue weighted by Gasteiger charge is 2.27. The zero-order valence-electron chi connectivity index (χ0n) is 15.6. The van der Waals surface area contributed by atoms with Gasteiger partial charge in [-0.15, -0.1) is 0 Å². The van der Waals surface area contributed by atoms with Gasteiger partial charge in [-0.3, -0.25) is 9.59 Å². The number of rotatable bonds is 7. The van der Waals surface area contributed by atoms with Crippen LogP contribution in [-0.2, 0) is 14.3 Å². The Labute approximate surface area is 142 Å². The Balaban J connectivity index is 2.82. The van der Waals surface area contributed by atoms with Crippen LogP contribution >= 0.6 is 0 Å². The van der Waals surface area contributed by atoms with Crippen LogP contribution in [0.2, 0.25) is 25.7 Å². The van der Waals surface area contributed by atoms with Crippen LogP contribution < -0.4 is 0 Å². The van der Waals surface area contributed by atoms with Crippen LogP contribution in [0.15, 0.2) is 23.3 Å². The van der Waals surface area contributed by atoms with Crippen molar-refractivity contribution >= 4 is 19.8 Å².